The summed E-state index contributed by atoms with van der Waals surface area (Å²) in [6.45, 7) is 4.22. The Bertz CT molecular complexity index is 882. The monoisotopic (exact) mass is 422 g/mol. The van der Waals surface area contributed by atoms with Crippen LogP contribution in [0.1, 0.15) is 26.7 Å². The Morgan fingerprint density at radius 2 is 1.79 bits per heavy atom. The summed E-state index contributed by atoms with van der Waals surface area (Å²) in [7, 11) is -3.66. The normalized spacial score (nSPS) is 11.5. The molecule has 8 heteroatoms. The van der Waals surface area contributed by atoms with Crippen LogP contribution in [0.25, 0.3) is 0 Å². The van der Waals surface area contributed by atoms with Crippen LogP contribution in [0.4, 0.5) is 5.69 Å². The van der Waals surface area contributed by atoms with Gasteiger partial charge in [0.25, 0.3) is 0 Å². The number of rotatable bonds is 10. The lowest BCUT2D eigenvalue weighted by Crippen LogP contribution is -2.30. The van der Waals surface area contributed by atoms with Crippen LogP contribution in [0.15, 0.2) is 58.3 Å². The molecule has 2 N–H and O–H groups in total. The molecule has 6 nitrogen and oxygen atoms in total. The van der Waals surface area contributed by atoms with Gasteiger partial charge in [-0.05, 0) is 42.5 Å². The molecule has 0 fully saturated rings. The van der Waals surface area contributed by atoms with E-state index in [0.29, 0.717) is 19.5 Å². The fraction of sp³-hybridized carbons (Fsp3) is 0.350. The number of anilines is 1. The maximum absolute atomic E-state index is 12.6. The van der Waals surface area contributed by atoms with E-state index >= 15 is 0 Å². The van der Waals surface area contributed by atoms with E-state index in [2.05, 4.69) is 5.32 Å². The average molecular weight is 423 g/mol. The Morgan fingerprint density at radius 3 is 2.43 bits per heavy atom. The predicted octanol–water partition coefficient (Wildman–Crippen LogP) is 3.93. The van der Waals surface area contributed by atoms with Gasteiger partial charge < -0.3 is 10.4 Å². The minimum Gasteiger partial charge on any atom is -0.506 e. The Morgan fingerprint density at radius 1 is 1.11 bits per heavy atom. The topological polar surface area (TPSA) is 86.7 Å². The highest BCUT2D eigenvalue weighted by atomic mass is 32.2. The number of hydrogen-bond acceptors (Lipinski definition) is 5. The van der Waals surface area contributed by atoms with Gasteiger partial charge in [0.1, 0.15) is 5.75 Å². The van der Waals surface area contributed by atoms with Crippen molar-refractivity contribution in [2.75, 3.05) is 24.2 Å². The van der Waals surface area contributed by atoms with Crippen LogP contribution in [-0.4, -0.2) is 42.6 Å². The summed E-state index contributed by atoms with van der Waals surface area (Å²) >= 11 is 1.67. The summed E-state index contributed by atoms with van der Waals surface area (Å²) in [4.78, 5) is 13.4. The summed E-state index contributed by atoms with van der Waals surface area (Å²) in [6, 6.07) is 13.9. The van der Waals surface area contributed by atoms with Crippen molar-refractivity contribution in [2.24, 2.45) is 0 Å². The lowest BCUT2D eigenvalue weighted by atomic mass is 10.2. The van der Waals surface area contributed by atoms with E-state index in [1.807, 2.05) is 30.3 Å². The molecule has 0 aliphatic rings. The fourth-order valence-electron chi connectivity index (χ4n) is 2.64. The summed E-state index contributed by atoms with van der Waals surface area (Å²) in [5.41, 5.74) is 0.106. The van der Waals surface area contributed by atoms with Crippen LogP contribution in [0.3, 0.4) is 0 Å². The molecule has 0 bridgehead atoms. The second-order valence-corrected chi connectivity index (χ2v) is 9.19. The van der Waals surface area contributed by atoms with E-state index in [-0.39, 0.29) is 28.7 Å². The first-order valence-electron chi connectivity index (χ1n) is 9.19. The highest BCUT2D eigenvalue weighted by Gasteiger charge is 2.23. The third kappa shape index (κ3) is 5.98. The fourth-order valence-corrected chi connectivity index (χ4v) is 5.00. The van der Waals surface area contributed by atoms with E-state index in [9.17, 15) is 18.3 Å². The van der Waals surface area contributed by atoms with Gasteiger partial charge in [0.2, 0.25) is 15.9 Å². The predicted molar refractivity (Wildman–Crippen MR) is 113 cm³/mol. The highest BCUT2D eigenvalue weighted by Crippen LogP contribution is 2.28. The lowest BCUT2D eigenvalue weighted by molar-refractivity contribution is -0.116. The van der Waals surface area contributed by atoms with E-state index < -0.39 is 10.0 Å². The lowest BCUT2D eigenvalue weighted by Gasteiger charge is -2.19. The molecule has 0 aromatic heterocycles. The molecule has 0 unspecified atom stereocenters. The summed E-state index contributed by atoms with van der Waals surface area (Å²) in [5, 5.41) is 12.6. The number of thioether (sulfide) groups is 1. The largest absolute Gasteiger partial charge is 0.506 e. The number of phenolic OH excluding ortho intramolecular Hbond substituents is 1. The van der Waals surface area contributed by atoms with Gasteiger partial charge in [-0.3, -0.25) is 4.79 Å². The average Bonchev–Trinajstić information content (AvgIpc) is 2.68. The highest BCUT2D eigenvalue weighted by molar-refractivity contribution is 7.99. The van der Waals surface area contributed by atoms with E-state index in [1.165, 1.54) is 22.5 Å². The first-order chi connectivity index (χ1) is 13.4. The van der Waals surface area contributed by atoms with Crippen molar-refractivity contribution in [3.63, 3.8) is 0 Å². The maximum atomic E-state index is 12.6. The number of carbonyl (C=O) groups excluding carboxylic acids is 1. The number of sulfonamides is 1. The Kier molecular flexibility index (Phi) is 8.35. The molecule has 0 spiro atoms. The summed E-state index contributed by atoms with van der Waals surface area (Å²) in [5.74, 6) is 0.367. The molecule has 0 heterocycles. The van der Waals surface area contributed by atoms with Crippen LogP contribution >= 0.6 is 11.8 Å². The molecule has 0 saturated carbocycles. The van der Waals surface area contributed by atoms with Gasteiger partial charge in [-0.2, -0.15) is 4.31 Å². The quantitative estimate of drug-likeness (QED) is 0.344. The minimum atomic E-state index is -3.66. The molecule has 1 amide bonds. The second kappa shape index (κ2) is 10.5. The summed E-state index contributed by atoms with van der Waals surface area (Å²) < 4.78 is 26.6. The van der Waals surface area contributed by atoms with Crippen molar-refractivity contribution in [3.8, 4) is 5.75 Å². The van der Waals surface area contributed by atoms with Crippen LogP contribution in [0.5, 0.6) is 5.75 Å². The van der Waals surface area contributed by atoms with Crippen LogP contribution < -0.4 is 5.32 Å². The molecular weight excluding hydrogens is 396 g/mol. The van der Waals surface area contributed by atoms with E-state index in [4.69, 9.17) is 0 Å². The number of aromatic hydroxyl groups is 1. The summed E-state index contributed by atoms with van der Waals surface area (Å²) in [6.07, 6.45) is 0.954. The van der Waals surface area contributed by atoms with Crippen molar-refractivity contribution >= 4 is 33.4 Å². The van der Waals surface area contributed by atoms with Gasteiger partial charge in [0, 0.05) is 24.4 Å². The zero-order valence-corrected chi connectivity index (χ0v) is 17.7. The zero-order valence-electron chi connectivity index (χ0n) is 16.1. The molecule has 0 aliphatic carbocycles. The number of amides is 1. The number of hydrogen-bond donors (Lipinski definition) is 2. The van der Waals surface area contributed by atoms with Crippen LogP contribution in [0.2, 0.25) is 0 Å². The molecule has 0 atom stereocenters. The van der Waals surface area contributed by atoms with Gasteiger partial charge in [0.15, 0.2) is 0 Å². The molecular formula is C20H26N2O4S2. The van der Waals surface area contributed by atoms with Crippen molar-refractivity contribution in [1.82, 2.24) is 4.31 Å². The van der Waals surface area contributed by atoms with Crippen molar-refractivity contribution in [2.45, 2.75) is 36.5 Å². The van der Waals surface area contributed by atoms with Crippen LogP contribution in [-0.2, 0) is 14.8 Å². The Hall–Kier alpha value is -2.03. The first kappa shape index (κ1) is 22.3. The molecule has 0 saturated heterocycles. The number of nitrogens with zero attached hydrogens (tertiary/aromatic N) is 1. The number of benzene rings is 2. The second-order valence-electron chi connectivity index (χ2n) is 6.08. The molecule has 2 aromatic carbocycles. The van der Waals surface area contributed by atoms with Crippen molar-refractivity contribution in [1.29, 1.82) is 0 Å². The Labute approximate surface area is 171 Å². The van der Waals surface area contributed by atoms with E-state index in [1.54, 1.807) is 25.6 Å². The SMILES string of the molecule is CCN(CC)S(=O)(=O)c1ccc(O)c(NC(=O)CCCSc2ccccc2)c1. The van der Waals surface area contributed by atoms with Crippen LogP contribution in [0, 0.1) is 0 Å². The third-order valence-electron chi connectivity index (χ3n) is 4.15. The first-order valence-corrected chi connectivity index (χ1v) is 11.6. The van der Waals surface area contributed by atoms with Gasteiger partial charge in [0.05, 0.1) is 10.6 Å². The van der Waals surface area contributed by atoms with Crippen molar-refractivity contribution in [3.05, 3.63) is 48.5 Å². The number of phenols is 1. The van der Waals surface area contributed by atoms with Gasteiger partial charge in [-0.25, -0.2) is 8.42 Å². The molecule has 152 valence electrons. The molecule has 0 aliphatic heterocycles. The molecule has 28 heavy (non-hydrogen) atoms. The smallest absolute Gasteiger partial charge is 0.243 e. The minimum absolute atomic E-state index is 0.0453. The molecule has 2 rings (SSSR count). The van der Waals surface area contributed by atoms with Gasteiger partial charge >= 0.3 is 0 Å². The standard InChI is InChI=1S/C20H26N2O4S2/c1-3-22(4-2)28(25,26)17-12-13-19(23)18(15-17)21-20(24)11-8-14-27-16-9-6-5-7-10-16/h5-7,9-10,12-13,15,23H,3-4,8,11,14H2,1-2H3,(H,21,24). The van der Waals surface area contributed by atoms with E-state index in [0.717, 1.165) is 10.6 Å². The van der Waals surface area contributed by atoms with Gasteiger partial charge in [-0.1, -0.05) is 32.0 Å². The molecule has 0 radical (unpaired) electrons. The third-order valence-corrected chi connectivity index (χ3v) is 7.29. The zero-order chi connectivity index (χ0) is 20.6. The maximum Gasteiger partial charge on any atom is 0.243 e. The number of nitrogens with one attached hydrogen (secondary N) is 1. The molecule has 2 aromatic rings. The Balaban J connectivity index is 1.96. The van der Waals surface area contributed by atoms with Gasteiger partial charge in [-0.15, -0.1) is 11.8 Å². The van der Waals surface area contributed by atoms with Crippen molar-refractivity contribution < 1.29 is 18.3 Å². The number of carbonyl (C=O) groups is 1.